The molecule has 1 aromatic rings. The molecule has 0 saturated heterocycles. The lowest BCUT2D eigenvalue weighted by molar-refractivity contribution is 1.02. The van der Waals surface area contributed by atoms with E-state index in [1.165, 1.54) is 22.3 Å². The Labute approximate surface area is 86.6 Å². The first kappa shape index (κ1) is 11.0. The van der Waals surface area contributed by atoms with Gasteiger partial charge in [0.05, 0.1) is 0 Å². The van der Waals surface area contributed by atoms with Crippen molar-refractivity contribution in [3.63, 3.8) is 0 Å². The molecule has 0 amide bonds. The molecule has 0 unspecified atom stereocenters. The van der Waals surface area contributed by atoms with E-state index >= 15 is 0 Å². The molecule has 0 atom stereocenters. The van der Waals surface area contributed by atoms with Crippen molar-refractivity contribution < 1.29 is 0 Å². The minimum Gasteiger partial charge on any atom is -0.327 e. The van der Waals surface area contributed by atoms with Gasteiger partial charge >= 0.3 is 0 Å². The van der Waals surface area contributed by atoms with Crippen molar-refractivity contribution in [3.05, 3.63) is 40.5 Å². The summed E-state index contributed by atoms with van der Waals surface area (Å²) >= 11 is 0. The summed E-state index contributed by atoms with van der Waals surface area (Å²) in [4.78, 5) is 0. The number of hydrogen-bond acceptors (Lipinski definition) is 1. The summed E-state index contributed by atoms with van der Waals surface area (Å²) in [6, 6.07) is 6.51. The van der Waals surface area contributed by atoms with Crippen LogP contribution in [-0.2, 0) is 0 Å². The lowest BCUT2D eigenvalue weighted by atomic mass is 10.0. The average Bonchev–Trinajstić information content (AvgIpc) is 2.19. The monoisotopic (exact) mass is 189 g/mol. The van der Waals surface area contributed by atoms with Gasteiger partial charge in [0.2, 0.25) is 0 Å². The van der Waals surface area contributed by atoms with Crippen molar-refractivity contribution in [1.82, 2.24) is 0 Å². The summed E-state index contributed by atoms with van der Waals surface area (Å²) < 4.78 is 0. The Bertz CT molecular complexity index is 331. The third-order valence-electron chi connectivity index (χ3n) is 2.51. The minimum atomic E-state index is 0.657. The molecule has 0 aliphatic heterocycles. The van der Waals surface area contributed by atoms with Crippen LogP contribution in [0.15, 0.2) is 23.8 Å². The molecule has 2 N–H and O–H groups in total. The van der Waals surface area contributed by atoms with Gasteiger partial charge in [-0.25, -0.2) is 0 Å². The van der Waals surface area contributed by atoms with E-state index < -0.39 is 0 Å². The Kier molecular flexibility index (Phi) is 3.90. The molecule has 0 fully saturated rings. The first-order valence-corrected chi connectivity index (χ1v) is 5.14. The zero-order valence-corrected chi connectivity index (χ0v) is 9.30. The third-order valence-corrected chi connectivity index (χ3v) is 2.51. The molecule has 1 rings (SSSR count). The fourth-order valence-electron chi connectivity index (χ4n) is 1.44. The van der Waals surface area contributed by atoms with Crippen LogP contribution in [0.5, 0.6) is 0 Å². The second-order valence-electron chi connectivity index (χ2n) is 3.72. The van der Waals surface area contributed by atoms with Gasteiger partial charge in [0.25, 0.3) is 0 Å². The van der Waals surface area contributed by atoms with Gasteiger partial charge in [-0.1, -0.05) is 42.3 Å². The highest BCUT2D eigenvalue weighted by Gasteiger charge is 1.97. The Morgan fingerprint density at radius 2 is 2.07 bits per heavy atom. The van der Waals surface area contributed by atoms with E-state index in [-0.39, 0.29) is 0 Å². The highest BCUT2D eigenvalue weighted by molar-refractivity contribution is 5.57. The summed E-state index contributed by atoms with van der Waals surface area (Å²) in [5.41, 5.74) is 10.9. The van der Waals surface area contributed by atoms with Crippen molar-refractivity contribution >= 4 is 6.08 Å². The first-order valence-electron chi connectivity index (χ1n) is 5.14. The number of hydrogen-bond donors (Lipinski definition) is 1. The zero-order valence-electron chi connectivity index (χ0n) is 9.30. The van der Waals surface area contributed by atoms with Gasteiger partial charge in [0.15, 0.2) is 0 Å². The molecule has 76 valence electrons. The Morgan fingerprint density at radius 1 is 1.36 bits per heavy atom. The summed E-state index contributed by atoms with van der Waals surface area (Å²) in [6.07, 6.45) is 3.24. The zero-order chi connectivity index (χ0) is 10.6. The Morgan fingerprint density at radius 3 is 2.64 bits per heavy atom. The van der Waals surface area contributed by atoms with Crippen molar-refractivity contribution in [1.29, 1.82) is 0 Å². The molecule has 1 nitrogen and oxygen atoms in total. The highest BCUT2D eigenvalue weighted by Crippen LogP contribution is 2.15. The normalized spacial score (nSPS) is 11.9. The lowest BCUT2D eigenvalue weighted by Crippen LogP contribution is -2.02. The molecule has 0 aliphatic carbocycles. The van der Waals surface area contributed by atoms with E-state index in [0.717, 1.165) is 6.42 Å². The second kappa shape index (κ2) is 4.97. The van der Waals surface area contributed by atoms with E-state index in [2.05, 4.69) is 45.0 Å². The molecule has 1 heteroatoms. The van der Waals surface area contributed by atoms with Crippen LogP contribution in [-0.4, -0.2) is 6.54 Å². The standard InChI is InChI=1S/C13H19N/c1-4-12(9-14)8-13-7-10(2)5-6-11(13)3/h5-8H,4,9,14H2,1-3H3/b12-8-. The number of rotatable bonds is 3. The van der Waals surface area contributed by atoms with Gasteiger partial charge in [-0.3, -0.25) is 0 Å². The van der Waals surface area contributed by atoms with Crippen molar-refractivity contribution in [2.45, 2.75) is 27.2 Å². The van der Waals surface area contributed by atoms with Gasteiger partial charge in [-0.2, -0.15) is 0 Å². The number of benzene rings is 1. The summed E-state index contributed by atoms with van der Waals surface area (Å²) in [6.45, 7) is 7.05. The van der Waals surface area contributed by atoms with Crippen molar-refractivity contribution in [2.24, 2.45) is 5.73 Å². The van der Waals surface area contributed by atoms with Crippen LogP contribution in [0, 0.1) is 13.8 Å². The predicted molar refractivity (Wildman–Crippen MR) is 63.2 cm³/mol. The average molecular weight is 189 g/mol. The maximum Gasteiger partial charge on any atom is 0.0140 e. The van der Waals surface area contributed by atoms with Crippen LogP contribution in [0.25, 0.3) is 6.08 Å². The van der Waals surface area contributed by atoms with Crippen LogP contribution in [0.2, 0.25) is 0 Å². The van der Waals surface area contributed by atoms with E-state index in [0.29, 0.717) is 6.54 Å². The molecule has 0 bridgehead atoms. The van der Waals surface area contributed by atoms with Gasteiger partial charge < -0.3 is 5.73 Å². The molecule has 0 spiro atoms. The lowest BCUT2D eigenvalue weighted by Gasteiger charge is -2.05. The Balaban J connectivity index is 3.06. The summed E-state index contributed by atoms with van der Waals surface area (Å²) in [5.74, 6) is 0. The van der Waals surface area contributed by atoms with Gasteiger partial charge in [-0.05, 0) is 31.4 Å². The van der Waals surface area contributed by atoms with Crippen molar-refractivity contribution in [3.8, 4) is 0 Å². The van der Waals surface area contributed by atoms with Crippen molar-refractivity contribution in [2.75, 3.05) is 6.54 Å². The van der Waals surface area contributed by atoms with Gasteiger partial charge in [-0.15, -0.1) is 0 Å². The Hall–Kier alpha value is -1.08. The first-order chi connectivity index (χ1) is 6.67. The number of nitrogens with two attached hydrogens (primary N) is 1. The van der Waals surface area contributed by atoms with Crippen LogP contribution in [0.4, 0.5) is 0 Å². The predicted octanol–water partition coefficient (Wildman–Crippen LogP) is 3.06. The largest absolute Gasteiger partial charge is 0.327 e. The van der Waals surface area contributed by atoms with E-state index in [9.17, 15) is 0 Å². The molecular formula is C13H19N. The molecule has 0 aromatic heterocycles. The van der Waals surface area contributed by atoms with Crippen LogP contribution >= 0.6 is 0 Å². The van der Waals surface area contributed by atoms with Crippen LogP contribution in [0.1, 0.15) is 30.0 Å². The highest BCUT2D eigenvalue weighted by atomic mass is 14.5. The third kappa shape index (κ3) is 2.71. The van der Waals surface area contributed by atoms with Crippen LogP contribution in [0.3, 0.4) is 0 Å². The summed E-state index contributed by atoms with van der Waals surface area (Å²) in [5, 5.41) is 0. The minimum absolute atomic E-state index is 0.657. The van der Waals surface area contributed by atoms with Crippen LogP contribution < -0.4 is 5.73 Å². The van der Waals surface area contributed by atoms with Gasteiger partial charge in [0.1, 0.15) is 0 Å². The topological polar surface area (TPSA) is 26.0 Å². The molecule has 0 saturated carbocycles. The quantitative estimate of drug-likeness (QED) is 0.777. The maximum atomic E-state index is 5.65. The molecule has 0 heterocycles. The smallest absolute Gasteiger partial charge is 0.0140 e. The second-order valence-corrected chi connectivity index (χ2v) is 3.72. The summed E-state index contributed by atoms with van der Waals surface area (Å²) in [7, 11) is 0. The van der Waals surface area contributed by atoms with Gasteiger partial charge in [0, 0.05) is 6.54 Å². The molecule has 14 heavy (non-hydrogen) atoms. The molecule has 0 aliphatic rings. The van der Waals surface area contributed by atoms with E-state index in [1.807, 2.05) is 0 Å². The molecular weight excluding hydrogens is 170 g/mol. The maximum absolute atomic E-state index is 5.65. The fraction of sp³-hybridized carbons (Fsp3) is 0.385. The van der Waals surface area contributed by atoms with E-state index in [4.69, 9.17) is 5.73 Å². The fourth-order valence-corrected chi connectivity index (χ4v) is 1.44. The molecule has 1 aromatic carbocycles. The number of aryl methyl sites for hydroxylation is 2. The van der Waals surface area contributed by atoms with E-state index in [1.54, 1.807) is 0 Å². The molecule has 0 radical (unpaired) electrons. The SMILES string of the molecule is CC/C(=C/c1cc(C)ccc1C)CN.